The molecule has 13 nitrogen and oxygen atoms in total. The molecule has 1 heterocycles. The summed E-state index contributed by atoms with van der Waals surface area (Å²) in [5.41, 5.74) is -0.269. The number of allylic oxidation sites excluding steroid dienone is 6. The molecule has 2 aromatic rings. The Bertz CT molecular complexity index is 1810. The molecule has 0 radical (unpaired) electrons. The third-order valence-electron chi connectivity index (χ3n) is 8.69. The maximum atomic E-state index is 14.2. The fourth-order valence-corrected chi connectivity index (χ4v) is 7.45. The predicted octanol–water partition coefficient (Wildman–Crippen LogP) is 4.24. The molecule has 44 heavy (non-hydrogen) atoms. The van der Waals surface area contributed by atoms with Gasteiger partial charge in [0, 0.05) is 49.4 Å². The van der Waals surface area contributed by atoms with Crippen molar-refractivity contribution in [1.82, 2.24) is 0 Å². The zero-order valence-corrected chi connectivity index (χ0v) is 24.8. The van der Waals surface area contributed by atoms with Crippen molar-refractivity contribution in [2.45, 2.75) is 18.8 Å². The van der Waals surface area contributed by atoms with Gasteiger partial charge in [-0.3, -0.25) is 39.4 Å². The number of fused-ring (bicyclic) bond motifs is 3. The van der Waals surface area contributed by atoms with Crippen LogP contribution in [-0.4, -0.2) is 52.4 Å². The Labute approximate surface area is 257 Å². The summed E-state index contributed by atoms with van der Waals surface area (Å²) in [5, 5.41) is 34.2. The van der Waals surface area contributed by atoms with Gasteiger partial charge >= 0.3 is 11.4 Å². The number of Topliss-reactive ketones (excluding diaryl/α,β-unsaturated/α-hetero) is 1. The smallest absolute Gasteiger partial charge is 0.301 e. The lowest BCUT2D eigenvalue weighted by molar-refractivity contribution is -0.392. The van der Waals surface area contributed by atoms with Crippen molar-refractivity contribution in [3.63, 3.8) is 0 Å². The lowest BCUT2D eigenvalue weighted by atomic mass is 9.59. The van der Waals surface area contributed by atoms with Gasteiger partial charge in [-0.15, -0.1) is 0 Å². The van der Waals surface area contributed by atoms with E-state index in [1.165, 1.54) is 37.2 Å². The van der Waals surface area contributed by atoms with E-state index in [9.17, 15) is 44.5 Å². The molecule has 224 valence electrons. The van der Waals surface area contributed by atoms with E-state index < -0.39 is 68.3 Å². The molecule has 3 aliphatic carbocycles. The number of carbonyl (C=O) groups excluding carboxylic acids is 4. The van der Waals surface area contributed by atoms with Crippen LogP contribution in [0, 0.1) is 38.0 Å². The van der Waals surface area contributed by atoms with E-state index in [2.05, 4.69) is 15.9 Å². The lowest BCUT2D eigenvalue weighted by Gasteiger charge is -2.42. The fourth-order valence-electron chi connectivity index (χ4n) is 7.00. The Morgan fingerprint density at radius 2 is 1.64 bits per heavy atom. The Hall–Kier alpha value is -4.98. The van der Waals surface area contributed by atoms with Gasteiger partial charge in [-0.1, -0.05) is 23.8 Å². The van der Waals surface area contributed by atoms with E-state index in [0.717, 1.165) is 17.0 Å². The molecule has 1 fully saturated rings. The van der Waals surface area contributed by atoms with Crippen LogP contribution in [0.3, 0.4) is 0 Å². The monoisotopic (exact) mass is 662 g/mol. The molecule has 0 spiro atoms. The number of anilines is 2. The summed E-state index contributed by atoms with van der Waals surface area (Å²) in [5.74, 6) is -5.64. The maximum Gasteiger partial charge on any atom is 0.301 e. The van der Waals surface area contributed by atoms with E-state index >= 15 is 0 Å². The first-order valence-electron chi connectivity index (χ1n) is 13.5. The minimum Gasteiger partial charge on any atom is -0.508 e. The summed E-state index contributed by atoms with van der Waals surface area (Å²) in [4.78, 5) is 78.9. The molecule has 14 heteroatoms. The molecule has 1 aliphatic heterocycles. The summed E-state index contributed by atoms with van der Waals surface area (Å²) in [6.45, 7) is 0. The molecule has 1 saturated heterocycles. The molecular weight excluding hydrogens is 640 g/mol. The normalized spacial score (nSPS) is 24.4. The fraction of sp³-hybridized carbons (Fsp3) is 0.267. The lowest BCUT2D eigenvalue weighted by Crippen LogP contribution is -2.39. The van der Waals surface area contributed by atoms with E-state index in [4.69, 9.17) is 0 Å². The molecular formula is C30H23BrN4O9. The third-order valence-corrected chi connectivity index (χ3v) is 9.28. The van der Waals surface area contributed by atoms with E-state index in [0.29, 0.717) is 11.1 Å². The second kappa shape index (κ2) is 10.3. The first-order chi connectivity index (χ1) is 20.8. The molecule has 6 rings (SSSR count). The number of ketones is 2. The number of hydrogen-bond acceptors (Lipinski definition) is 10. The van der Waals surface area contributed by atoms with Gasteiger partial charge < -0.3 is 10.0 Å². The first-order valence-corrected chi connectivity index (χ1v) is 14.3. The summed E-state index contributed by atoms with van der Waals surface area (Å²) in [6.07, 6.45) is 3.06. The second-order valence-corrected chi connectivity index (χ2v) is 12.1. The van der Waals surface area contributed by atoms with Crippen LogP contribution < -0.4 is 9.80 Å². The predicted molar refractivity (Wildman–Crippen MR) is 159 cm³/mol. The molecule has 4 unspecified atom stereocenters. The number of imide groups is 1. The van der Waals surface area contributed by atoms with Gasteiger partial charge in [0.15, 0.2) is 17.3 Å². The average molecular weight is 663 g/mol. The van der Waals surface area contributed by atoms with Crippen LogP contribution in [0.1, 0.15) is 24.3 Å². The number of phenolic OH excluding ortho intramolecular Hbond substituents is 1. The molecule has 0 saturated carbocycles. The van der Waals surface area contributed by atoms with Crippen molar-refractivity contribution >= 4 is 62.1 Å². The van der Waals surface area contributed by atoms with Gasteiger partial charge in [0.05, 0.1) is 31.9 Å². The number of benzene rings is 2. The second-order valence-electron chi connectivity index (χ2n) is 11.2. The number of nitro groups is 2. The Balaban J connectivity index is 1.48. The van der Waals surface area contributed by atoms with Crippen LogP contribution in [-0.2, 0) is 19.2 Å². The summed E-state index contributed by atoms with van der Waals surface area (Å²) in [6, 6.07) is 8.21. The van der Waals surface area contributed by atoms with Crippen LogP contribution >= 0.6 is 15.9 Å². The summed E-state index contributed by atoms with van der Waals surface area (Å²) < 4.78 is 0.0618. The number of carbonyl (C=O) groups is 4. The number of hydrogen-bond donors (Lipinski definition) is 1. The number of nitro benzene ring substituents is 2. The highest BCUT2D eigenvalue weighted by molar-refractivity contribution is 9.12. The summed E-state index contributed by atoms with van der Waals surface area (Å²) in [7, 11) is 2.81. The number of rotatable bonds is 5. The number of aromatic hydroxyl groups is 1. The summed E-state index contributed by atoms with van der Waals surface area (Å²) >= 11 is 3.16. The van der Waals surface area contributed by atoms with Crippen molar-refractivity contribution in [3.05, 3.63) is 95.5 Å². The SMILES string of the molecule is CN(C)c1c([N+](=O)[O-])cc(N2C(=O)C3CC=C4C(c5cccc(O)c5)C5=C(CC4C3C2=O)C(=O)C(Br)=CC5=O)cc1[N+](=O)[O-]. The first kappa shape index (κ1) is 29.1. The van der Waals surface area contributed by atoms with Gasteiger partial charge in [0.1, 0.15) is 5.75 Å². The van der Waals surface area contributed by atoms with Crippen molar-refractivity contribution in [2.24, 2.45) is 17.8 Å². The van der Waals surface area contributed by atoms with Gasteiger partial charge in [0.2, 0.25) is 11.8 Å². The Morgan fingerprint density at radius 1 is 0.977 bits per heavy atom. The largest absolute Gasteiger partial charge is 0.508 e. The topological polar surface area (TPSA) is 181 Å². The van der Waals surface area contributed by atoms with Crippen molar-refractivity contribution in [2.75, 3.05) is 23.9 Å². The van der Waals surface area contributed by atoms with Crippen LogP contribution in [0.4, 0.5) is 22.7 Å². The molecule has 4 aliphatic rings. The standard InChI is InChI=1S/C30H23BrN4O9/c1-32(2)27-21(34(41)42)9-14(10-22(27)35(43)44)33-29(39)17-7-6-16-18(25(17)30(33)40)11-19-26(23(37)12-20(31)28(19)38)24(16)13-4-3-5-15(36)8-13/h3-6,8-10,12,17-18,24-25,36H,7,11H2,1-2H3. The highest BCUT2D eigenvalue weighted by atomic mass is 79.9. The zero-order chi connectivity index (χ0) is 31.8. The van der Waals surface area contributed by atoms with Crippen LogP contribution in [0.25, 0.3) is 0 Å². The van der Waals surface area contributed by atoms with E-state index in [1.54, 1.807) is 18.2 Å². The molecule has 2 aromatic carbocycles. The molecule has 1 N–H and O–H groups in total. The maximum absolute atomic E-state index is 14.2. The highest BCUT2D eigenvalue weighted by Crippen LogP contribution is 2.56. The van der Waals surface area contributed by atoms with Gasteiger partial charge in [-0.2, -0.15) is 0 Å². The quantitative estimate of drug-likeness (QED) is 0.160. The van der Waals surface area contributed by atoms with Gasteiger partial charge in [-0.05, 0) is 52.4 Å². The van der Waals surface area contributed by atoms with E-state index in [1.807, 2.05) is 0 Å². The van der Waals surface area contributed by atoms with Crippen LogP contribution in [0.2, 0.25) is 0 Å². The number of amides is 2. The number of nitrogens with zero attached hydrogens (tertiary/aromatic N) is 4. The average Bonchev–Trinajstić information content (AvgIpc) is 3.23. The molecule has 0 aromatic heterocycles. The minimum absolute atomic E-state index is 0.0160. The zero-order valence-electron chi connectivity index (χ0n) is 23.2. The van der Waals surface area contributed by atoms with Gasteiger partial charge in [-0.25, -0.2) is 4.90 Å². The highest BCUT2D eigenvalue weighted by Gasteiger charge is 2.57. The minimum atomic E-state index is -1.00. The molecule has 2 amide bonds. The van der Waals surface area contributed by atoms with Crippen molar-refractivity contribution in [1.29, 1.82) is 0 Å². The molecule has 0 bridgehead atoms. The van der Waals surface area contributed by atoms with Crippen LogP contribution in [0.15, 0.2) is 69.8 Å². The van der Waals surface area contributed by atoms with Crippen LogP contribution in [0.5, 0.6) is 5.75 Å². The van der Waals surface area contributed by atoms with Gasteiger partial charge in [0.25, 0.3) is 0 Å². The Kier molecular flexibility index (Phi) is 6.83. The van der Waals surface area contributed by atoms with Crippen molar-refractivity contribution < 1.29 is 34.1 Å². The number of halogens is 1. The molecule has 4 atom stereocenters. The van der Waals surface area contributed by atoms with E-state index in [-0.39, 0.29) is 45.6 Å². The Morgan fingerprint density at radius 3 is 2.23 bits per heavy atom. The third kappa shape index (κ3) is 4.27. The van der Waals surface area contributed by atoms with Crippen molar-refractivity contribution in [3.8, 4) is 5.75 Å². The number of phenols is 1.